The molecule has 4 heteroatoms. The number of phenols is 1. The van der Waals surface area contributed by atoms with Crippen LogP contribution in [0.1, 0.15) is 51.0 Å². The number of aromatic hydroxyl groups is 1. The van der Waals surface area contributed by atoms with E-state index in [0.717, 1.165) is 35.6 Å². The Balaban J connectivity index is 1.87. The molecule has 1 heterocycles. The zero-order valence-electron chi connectivity index (χ0n) is 14.8. The van der Waals surface area contributed by atoms with Gasteiger partial charge in [-0.25, -0.2) is 0 Å². The van der Waals surface area contributed by atoms with Gasteiger partial charge in [0.2, 0.25) is 0 Å². The van der Waals surface area contributed by atoms with Gasteiger partial charge in [0, 0.05) is 11.1 Å². The molecule has 0 spiro atoms. The van der Waals surface area contributed by atoms with Crippen LogP contribution in [0.5, 0.6) is 5.75 Å². The normalized spacial score (nSPS) is 11.2. The average Bonchev–Trinajstić information content (AvgIpc) is 2.98. The number of fused-ring (bicyclic) bond motifs is 1. The van der Waals surface area contributed by atoms with E-state index in [1.54, 1.807) is 6.07 Å². The van der Waals surface area contributed by atoms with Gasteiger partial charge in [-0.05, 0) is 29.7 Å². The van der Waals surface area contributed by atoms with E-state index in [2.05, 4.69) is 17.1 Å². The van der Waals surface area contributed by atoms with E-state index < -0.39 is 0 Å². The zero-order chi connectivity index (χ0) is 17.6. The van der Waals surface area contributed by atoms with Gasteiger partial charge in [0.25, 0.3) is 5.56 Å². The Morgan fingerprint density at radius 1 is 0.920 bits per heavy atom. The Morgan fingerprint density at radius 2 is 1.68 bits per heavy atom. The maximum atomic E-state index is 12.3. The molecule has 0 saturated heterocycles. The Kier molecular flexibility index (Phi) is 5.59. The molecule has 3 aromatic rings. The summed E-state index contributed by atoms with van der Waals surface area (Å²) in [6.45, 7) is 2.21. The fourth-order valence-electron chi connectivity index (χ4n) is 3.44. The highest BCUT2D eigenvalue weighted by molar-refractivity contribution is 5.99. The molecule has 0 aliphatic carbocycles. The van der Waals surface area contributed by atoms with E-state index in [9.17, 15) is 9.90 Å². The first-order valence-electron chi connectivity index (χ1n) is 9.23. The highest BCUT2D eigenvalue weighted by Gasteiger charge is 2.17. The van der Waals surface area contributed by atoms with E-state index in [1.807, 2.05) is 30.3 Å². The Bertz CT molecular complexity index is 892. The largest absolute Gasteiger partial charge is 0.507 e. The maximum Gasteiger partial charge on any atom is 0.267 e. The van der Waals surface area contributed by atoms with Crippen LogP contribution in [0.15, 0.2) is 41.2 Å². The molecule has 0 atom stereocenters. The molecule has 0 bridgehead atoms. The predicted molar refractivity (Wildman–Crippen MR) is 103 cm³/mol. The van der Waals surface area contributed by atoms with Gasteiger partial charge in [-0.3, -0.25) is 15.0 Å². The summed E-state index contributed by atoms with van der Waals surface area (Å²) in [4.78, 5) is 12.3. The number of unbranched alkanes of at least 4 members (excludes halogenated alkanes) is 5. The van der Waals surface area contributed by atoms with Crippen molar-refractivity contribution in [2.75, 3.05) is 0 Å². The number of rotatable bonds is 8. The number of aromatic amines is 2. The van der Waals surface area contributed by atoms with Crippen LogP contribution in [0.2, 0.25) is 0 Å². The molecule has 0 radical (unpaired) electrons. The summed E-state index contributed by atoms with van der Waals surface area (Å²) in [5.41, 5.74) is 2.07. The minimum absolute atomic E-state index is 0.0871. The van der Waals surface area contributed by atoms with Gasteiger partial charge in [-0.1, -0.05) is 69.4 Å². The van der Waals surface area contributed by atoms with Crippen LogP contribution in [0, 0.1) is 0 Å². The number of H-pyrrole nitrogens is 2. The molecule has 0 aliphatic rings. The van der Waals surface area contributed by atoms with Crippen molar-refractivity contribution in [2.24, 2.45) is 0 Å². The number of phenolic OH excluding ortho intramolecular Hbond substituents is 1. The number of hydrogen-bond donors (Lipinski definition) is 3. The van der Waals surface area contributed by atoms with Crippen LogP contribution >= 0.6 is 0 Å². The average molecular weight is 338 g/mol. The molecule has 3 rings (SSSR count). The van der Waals surface area contributed by atoms with E-state index in [4.69, 9.17) is 0 Å². The lowest BCUT2D eigenvalue weighted by Crippen LogP contribution is -2.06. The summed E-state index contributed by atoms with van der Waals surface area (Å²) < 4.78 is 0. The predicted octanol–water partition coefficient (Wildman–Crippen LogP) is 5.13. The topological polar surface area (TPSA) is 68.9 Å². The number of benzene rings is 2. The highest BCUT2D eigenvalue weighted by atomic mass is 16.3. The molecule has 25 heavy (non-hydrogen) atoms. The standard InChI is InChI=1S/C21H26N2O2/c1-2-3-4-5-6-7-12-17-20(22-23-21(17)25)19-16-11-9-8-10-15(16)13-14-18(19)24/h8-11,13-14,24H,2-7,12H2,1H3,(H2,22,23,25). The van der Waals surface area contributed by atoms with Crippen LogP contribution in [-0.2, 0) is 6.42 Å². The molecule has 0 fully saturated rings. The zero-order valence-corrected chi connectivity index (χ0v) is 14.8. The molecule has 0 aliphatic heterocycles. The summed E-state index contributed by atoms with van der Waals surface area (Å²) in [5, 5.41) is 18.1. The fraction of sp³-hybridized carbons (Fsp3) is 0.381. The Morgan fingerprint density at radius 3 is 2.52 bits per heavy atom. The molecule has 0 unspecified atom stereocenters. The smallest absolute Gasteiger partial charge is 0.267 e. The van der Waals surface area contributed by atoms with Crippen LogP contribution in [0.3, 0.4) is 0 Å². The maximum absolute atomic E-state index is 12.3. The van der Waals surface area contributed by atoms with Gasteiger partial charge >= 0.3 is 0 Å². The molecule has 0 saturated carbocycles. The van der Waals surface area contributed by atoms with Crippen molar-refractivity contribution in [1.29, 1.82) is 0 Å². The summed E-state index contributed by atoms with van der Waals surface area (Å²) in [6.07, 6.45) is 7.83. The van der Waals surface area contributed by atoms with Gasteiger partial charge in [0.05, 0.1) is 5.69 Å². The second-order valence-corrected chi connectivity index (χ2v) is 6.63. The van der Waals surface area contributed by atoms with Gasteiger partial charge < -0.3 is 5.11 Å². The second-order valence-electron chi connectivity index (χ2n) is 6.63. The molecule has 132 valence electrons. The first kappa shape index (κ1) is 17.3. The lowest BCUT2D eigenvalue weighted by atomic mass is 9.96. The number of aromatic nitrogens is 2. The van der Waals surface area contributed by atoms with E-state index in [-0.39, 0.29) is 11.3 Å². The third kappa shape index (κ3) is 3.78. The lowest BCUT2D eigenvalue weighted by Gasteiger charge is -2.09. The summed E-state index contributed by atoms with van der Waals surface area (Å²) in [5.74, 6) is 0.193. The van der Waals surface area contributed by atoms with Crippen molar-refractivity contribution < 1.29 is 5.11 Å². The van der Waals surface area contributed by atoms with Crippen molar-refractivity contribution in [3.8, 4) is 17.0 Å². The number of nitrogens with one attached hydrogen (secondary N) is 2. The quantitative estimate of drug-likeness (QED) is 0.498. The lowest BCUT2D eigenvalue weighted by molar-refractivity contribution is 0.478. The van der Waals surface area contributed by atoms with E-state index in [0.29, 0.717) is 11.3 Å². The highest BCUT2D eigenvalue weighted by Crippen LogP contribution is 2.36. The Labute approximate surface area is 147 Å². The molecule has 1 aromatic heterocycles. The third-order valence-corrected chi connectivity index (χ3v) is 4.81. The first-order valence-corrected chi connectivity index (χ1v) is 9.23. The van der Waals surface area contributed by atoms with Gasteiger partial charge in [0.1, 0.15) is 5.75 Å². The molecule has 2 aromatic carbocycles. The van der Waals surface area contributed by atoms with Crippen molar-refractivity contribution in [1.82, 2.24) is 10.2 Å². The summed E-state index contributed by atoms with van der Waals surface area (Å²) >= 11 is 0. The van der Waals surface area contributed by atoms with Crippen LogP contribution < -0.4 is 5.56 Å². The SMILES string of the molecule is CCCCCCCCc1c(-c2c(O)ccc3ccccc23)[nH][nH]c1=O. The minimum Gasteiger partial charge on any atom is -0.507 e. The van der Waals surface area contributed by atoms with Crippen LogP contribution in [0.4, 0.5) is 0 Å². The van der Waals surface area contributed by atoms with Gasteiger partial charge in [-0.15, -0.1) is 0 Å². The van der Waals surface area contributed by atoms with Gasteiger partial charge in [-0.2, -0.15) is 0 Å². The van der Waals surface area contributed by atoms with Crippen LogP contribution in [0.25, 0.3) is 22.0 Å². The molecule has 0 amide bonds. The van der Waals surface area contributed by atoms with Crippen molar-refractivity contribution >= 4 is 10.8 Å². The first-order chi connectivity index (χ1) is 12.2. The molecular formula is C21H26N2O2. The fourth-order valence-corrected chi connectivity index (χ4v) is 3.44. The van der Waals surface area contributed by atoms with Crippen LogP contribution in [-0.4, -0.2) is 15.3 Å². The monoisotopic (exact) mass is 338 g/mol. The number of hydrogen-bond acceptors (Lipinski definition) is 2. The van der Waals surface area contributed by atoms with Crippen molar-refractivity contribution in [3.63, 3.8) is 0 Å². The van der Waals surface area contributed by atoms with E-state index >= 15 is 0 Å². The minimum atomic E-state index is -0.0871. The van der Waals surface area contributed by atoms with E-state index in [1.165, 1.54) is 25.7 Å². The third-order valence-electron chi connectivity index (χ3n) is 4.81. The van der Waals surface area contributed by atoms with Gasteiger partial charge in [0.15, 0.2) is 0 Å². The van der Waals surface area contributed by atoms with Crippen molar-refractivity contribution in [3.05, 3.63) is 52.3 Å². The van der Waals surface area contributed by atoms with Crippen molar-refractivity contribution in [2.45, 2.75) is 51.9 Å². The Hall–Kier alpha value is -2.49. The second kappa shape index (κ2) is 8.06. The summed E-state index contributed by atoms with van der Waals surface area (Å²) in [6, 6.07) is 11.5. The molecule has 3 N–H and O–H groups in total. The molecule has 4 nitrogen and oxygen atoms in total. The summed E-state index contributed by atoms with van der Waals surface area (Å²) in [7, 11) is 0. The molecular weight excluding hydrogens is 312 g/mol.